The predicted molar refractivity (Wildman–Crippen MR) is 355 cm³/mol. The lowest BCUT2D eigenvalue weighted by Crippen LogP contribution is -1.99. The summed E-state index contributed by atoms with van der Waals surface area (Å²) in [6, 6.07) is 15.8. The van der Waals surface area contributed by atoms with Crippen molar-refractivity contribution in [2.75, 3.05) is 0 Å². The Bertz CT molecular complexity index is 2420. The van der Waals surface area contributed by atoms with Crippen molar-refractivity contribution in [3.63, 3.8) is 0 Å². The molecular formula is C67H97N23. The van der Waals surface area contributed by atoms with E-state index < -0.39 is 0 Å². The van der Waals surface area contributed by atoms with Gasteiger partial charge in [0.2, 0.25) is 0 Å². The number of rotatable bonds is 10. The van der Waals surface area contributed by atoms with Crippen molar-refractivity contribution in [1.82, 2.24) is 116 Å². The van der Waals surface area contributed by atoms with Crippen molar-refractivity contribution in [2.24, 2.45) is 0 Å². The van der Waals surface area contributed by atoms with E-state index in [0.29, 0.717) is 65.0 Å². The van der Waals surface area contributed by atoms with Crippen LogP contribution in [0, 0.1) is 0 Å². The lowest BCUT2D eigenvalue weighted by molar-refractivity contribution is 0.688. The summed E-state index contributed by atoms with van der Waals surface area (Å²) in [5.74, 6) is 6.98. The van der Waals surface area contributed by atoms with Gasteiger partial charge in [-0.1, -0.05) is 151 Å². The summed E-state index contributed by atoms with van der Waals surface area (Å²) in [6.07, 6.45) is 32.3. The molecule has 480 valence electrons. The lowest BCUT2D eigenvalue weighted by Gasteiger charge is -2.00. The minimum atomic E-state index is 0.311. The van der Waals surface area contributed by atoms with E-state index in [9.17, 15) is 0 Å². The molecule has 0 atom stereocenters. The zero-order valence-corrected chi connectivity index (χ0v) is 56.6. The molecule has 0 saturated heterocycles. The smallest absolute Gasteiger partial charge is 0.176 e. The van der Waals surface area contributed by atoms with Crippen LogP contribution in [0.1, 0.15) is 255 Å². The molecule has 0 amide bonds. The molecule has 0 aliphatic carbocycles. The van der Waals surface area contributed by atoms with E-state index in [2.05, 4.69) is 233 Å². The van der Waals surface area contributed by atoms with Gasteiger partial charge in [-0.25, -0.2) is 29.9 Å². The van der Waals surface area contributed by atoms with E-state index in [0.717, 1.165) is 40.1 Å². The highest BCUT2D eigenvalue weighted by Gasteiger charge is 2.03. The summed E-state index contributed by atoms with van der Waals surface area (Å²) >= 11 is 0. The molecule has 0 aromatic carbocycles. The largest absolute Gasteiger partial charge is 0.264 e. The minimum absolute atomic E-state index is 0.311. The first kappa shape index (κ1) is 78.6. The molecule has 0 fully saturated rings. The van der Waals surface area contributed by atoms with Gasteiger partial charge in [0.1, 0.15) is 24.8 Å². The van der Waals surface area contributed by atoms with Gasteiger partial charge >= 0.3 is 0 Å². The van der Waals surface area contributed by atoms with Crippen molar-refractivity contribution >= 4 is 0 Å². The summed E-state index contributed by atoms with van der Waals surface area (Å²) in [7, 11) is 0. The minimum Gasteiger partial charge on any atom is -0.264 e. The Morgan fingerprint density at radius 2 is 0.678 bits per heavy atom. The standard InChI is InChI=1S/2C8H11N.5C7H10N2.C6H9N3.2C5H8N4/c1-7(2)8-4-3-5-9-6-8;1-7(2)8-5-3-4-6-9-8;1-6(2)7-3-8-5-9-4-7;2*1-6(2)7-5-8-3-4-9-7;1-6(2)7-8-4-3-5-9-7;1-6(2)7-4-3-5-8-9-7;1-5(2)6-3-7-4-8-9-6;1-4(2)5-8-6-3-7-9-5;1-4(2)5-6-3-7-9-8-5/h2*3-7H,1-2H3;5*3-6H,1-2H3;3-5H,1-2H3;2*3-4H,1-2H3. The molecule has 0 unspecified atom stereocenters. The molecular weight excluding hydrogens is 1130 g/mol. The maximum Gasteiger partial charge on any atom is 0.176 e. The van der Waals surface area contributed by atoms with Crippen LogP contribution < -0.4 is 0 Å². The van der Waals surface area contributed by atoms with Crippen LogP contribution in [0.2, 0.25) is 0 Å². The zero-order valence-electron chi connectivity index (χ0n) is 56.6. The van der Waals surface area contributed by atoms with Gasteiger partial charge in [0.05, 0.1) is 29.0 Å². The maximum atomic E-state index is 4.18. The third kappa shape index (κ3) is 38.7. The average Bonchev–Trinajstić information content (AvgIpc) is 3.62. The van der Waals surface area contributed by atoms with E-state index >= 15 is 0 Å². The van der Waals surface area contributed by atoms with Crippen LogP contribution in [0.15, 0.2) is 167 Å². The van der Waals surface area contributed by atoms with Crippen LogP contribution in [0.4, 0.5) is 0 Å². The lowest BCUT2D eigenvalue weighted by atomic mass is 10.1. The summed E-state index contributed by atoms with van der Waals surface area (Å²) in [5, 5.41) is 40.5. The fraction of sp³-hybridized carbons (Fsp3) is 0.448. The Morgan fingerprint density at radius 3 is 0.978 bits per heavy atom. The first-order valence-electron chi connectivity index (χ1n) is 30.3. The molecule has 0 aliphatic heterocycles. The number of hydrogen-bond donors (Lipinski definition) is 0. The molecule has 23 heteroatoms. The fourth-order valence-corrected chi connectivity index (χ4v) is 5.93. The summed E-state index contributed by atoms with van der Waals surface area (Å²) in [5.41, 5.74) is 7.76. The monoisotopic (exact) mass is 1220 g/mol. The van der Waals surface area contributed by atoms with Gasteiger partial charge in [0.25, 0.3) is 0 Å². The van der Waals surface area contributed by atoms with Gasteiger partial charge in [-0.2, -0.15) is 15.3 Å². The third-order valence-corrected chi connectivity index (χ3v) is 11.5. The summed E-state index contributed by atoms with van der Waals surface area (Å²) < 4.78 is 0. The number of aromatic nitrogens is 23. The van der Waals surface area contributed by atoms with Crippen molar-refractivity contribution < 1.29 is 0 Å². The Labute approximate surface area is 535 Å². The molecule has 10 heterocycles. The molecule has 0 radical (unpaired) electrons. The van der Waals surface area contributed by atoms with Crippen LogP contribution in [0.3, 0.4) is 0 Å². The van der Waals surface area contributed by atoms with E-state index in [1.165, 1.54) is 30.1 Å². The van der Waals surface area contributed by atoms with Crippen molar-refractivity contribution in [3.05, 3.63) is 224 Å². The molecule has 0 aliphatic rings. The zero-order chi connectivity index (χ0) is 66.9. The van der Waals surface area contributed by atoms with Crippen LogP contribution in [-0.2, 0) is 0 Å². The Kier molecular flexibility index (Phi) is 42.4. The molecule has 10 aromatic rings. The predicted octanol–water partition coefficient (Wildman–Crippen LogP) is 14.2. The molecule has 0 N–H and O–H groups in total. The van der Waals surface area contributed by atoms with Crippen LogP contribution >= 0.6 is 0 Å². The second-order valence-corrected chi connectivity index (χ2v) is 22.6. The molecule has 0 saturated carbocycles. The maximum absolute atomic E-state index is 4.18. The van der Waals surface area contributed by atoms with Gasteiger partial charge in [-0.15, -0.1) is 35.7 Å². The SMILES string of the molecule is CC(C)c1ccccn1.CC(C)c1cccnc1.CC(C)c1cccnn1.CC(C)c1cnccn1.CC(C)c1cnccn1.CC(C)c1cncnc1.CC(C)c1cncnn1.CC(C)c1ncccn1.CC(C)c1ncnnn1.CC(C)c1nncnn1. The van der Waals surface area contributed by atoms with E-state index in [1.807, 2.05) is 94.9 Å². The van der Waals surface area contributed by atoms with E-state index in [1.54, 1.807) is 74.5 Å². The van der Waals surface area contributed by atoms with Crippen molar-refractivity contribution in [2.45, 2.75) is 198 Å². The van der Waals surface area contributed by atoms with Gasteiger partial charge in [-0.05, 0) is 94.2 Å². The fourth-order valence-electron chi connectivity index (χ4n) is 5.93. The van der Waals surface area contributed by atoms with Crippen LogP contribution in [0.25, 0.3) is 0 Å². The summed E-state index contributed by atoms with van der Waals surface area (Å²) in [4.78, 5) is 48.0. The van der Waals surface area contributed by atoms with Crippen LogP contribution in [-0.4, -0.2) is 116 Å². The molecule has 0 bridgehead atoms. The van der Waals surface area contributed by atoms with Crippen LogP contribution in [0.5, 0.6) is 0 Å². The average molecular weight is 1220 g/mol. The third-order valence-electron chi connectivity index (χ3n) is 11.5. The van der Waals surface area contributed by atoms with Crippen molar-refractivity contribution in [1.29, 1.82) is 0 Å². The Morgan fingerprint density at radius 1 is 0.222 bits per heavy atom. The highest BCUT2D eigenvalue weighted by atomic mass is 15.3. The number of nitrogens with zero attached hydrogens (tertiary/aromatic N) is 23. The quantitative estimate of drug-likeness (QED) is 0.123. The Hall–Kier alpha value is -9.41. The highest BCUT2D eigenvalue weighted by molar-refractivity contribution is 5.12. The Balaban J connectivity index is 0.000000500. The molecule has 0 spiro atoms. The van der Waals surface area contributed by atoms with E-state index in [4.69, 9.17) is 0 Å². The second kappa shape index (κ2) is 48.6. The first-order valence-corrected chi connectivity index (χ1v) is 30.3. The highest BCUT2D eigenvalue weighted by Crippen LogP contribution is 2.13. The van der Waals surface area contributed by atoms with Gasteiger partial charge in [-0.3, -0.25) is 29.9 Å². The summed E-state index contributed by atoms with van der Waals surface area (Å²) in [6.45, 7) is 41.8. The van der Waals surface area contributed by atoms with E-state index in [-0.39, 0.29) is 0 Å². The number of hydrogen-bond acceptors (Lipinski definition) is 23. The van der Waals surface area contributed by atoms with Gasteiger partial charge < -0.3 is 0 Å². The second-order valence-electron chi connectivity index (χ2n) is 22.6. The molecule has 10 aromatic heterocycles. The first-order chi connectivity index (χ1) is 43.0. The normalized spacial score (nSPS) is 10.1. The van der Waals surface area contributed by atoms with Gasteiger partial charge in [0, 0.05) is 110 Å². The topological polar surface area (TPSA) is 296 Å². The molecule has 23 nitrogen and oxygen atoms in total. The number of pyridine rings is 2. The van der Waals surface area contributed by atoms with Crippen molar-refractivity contribution in [3.8, 4) is 0 Å². The van der Waals surface area contributed by atoms with Gasteiger partial charge in [0.15, 0.2) is 18.0 Å². The molecule has 90 heavy (non-hydrogen) atoms. The molecule has 10 rings (SSSR count).